The van der Waals surface area contributed by atoms with Gasteiger partial charge < -0.3 is 5.11 Å². The summed E-state index contributed by atoms with van der Waals surface area (Å²) in [5.74, 6) is 0.184. The van der Waals surface area contributed by atoms with Crippen LogP contribution in [0.2, 0.25) is 0 Å². The van der Waals surface area contributed by atoms with Crippen molar-refractivity contribution in [3.05, 3.63) is 34.3 Å². The highest BCUT2D eigenvalue weighted by atomic mass is 79.9. The van der Waals surface area contributed by atoms with Gasteiger partial charge in [-0.3, -0.25) is 4.79 Å². The van der Waals surface area contributed by atoms with Gasteiger partial charge in [-0.2, -0.15) is 0 Å². The van der Waals surface area contributed by atoms with Crippen LogP contribution in [0.1, 0.15) is 5.56 Å². The lowest BCUT2D eigenvalue weighted by atomic mass is 10.2. The molecule has 0 bridgehead atoms. The zero-order valence-electron chi connectivity index (χ0n) is 6.20. The highest BCUT2D eigenvalue weighted by Gasteiger charge is 1.95. The van der Waals surface area contributed by atoms with E-state index in [1.165, 1.54) is 6.08 Å². The van der Waals surface area contributed by atoms with E-state index in [0.717, 1.165) is 10.0 Å². The molecule has 0 amide bonds. The van der Waals surface area contributed by atoms with Gasteiger partial charge in [0.1, 0.15) is 12.0 Å². The molecule has 0 radical (unpaired) electrons. The number of benzene rings is 1. The van der Waals surface area contributed by atoms with Crippen molar-refractivity contribution in [1.29, 1.82) is 0 Å². The van der Waals surface area contributed by atoms with Crippen LogP contribution >= 0.6 is 15.9 Å². The molecule has 0 atom stereocenters. The Morgan fingerprint density at radius 1 is 1.42 bits per heavy atom. The number of hydrogen-bond donors (Lipinski definition) is 1. The minimum absolute atomic E-state index is 0.184. The molecule has 0 aliphatic heterocycles. The Bertz CT molecular complexity index is 318. The van der Waals surface area contributed by atoms with Gasteiger partial charge >= 0.3 is 0 Å². The molecule has 0 saturated heterocycles. The Kier molecular flexibility index (Phi) is 3.05. The molecule has 3 heteroatoms. The van der Waals surface area contributed by atoms with Crippen molar-refractivity contribution in [3.63, 3.8) is 0 Å². The van der Waals surface area contributed by atoms with E-state index < -0.39 is 0 Å². The van der Waals surface area contributed by atoms with Gasteiger partial charge in [-0.05, 0) is 29.8 Å². The normalized spacial score (nSPS) is 10.4. The molecular formula is C9H7BrO2. The Morgan fingerprint density at radius 2 is 2.17 bits per heavy atom. The third kappa shape index (κ3) is 2.20. The summed E-state index contributed by atoms with van der Waals surface area (Å²) in [6, 6.07) is 4.87. The minimum atomic E-state index is 0.184. The number of hydrogen-bond acceptors (Lipinski definition) is 2. The van der Waals surface area contributed by atoms with Gasteiger partial charge in [0.15, 0.2) is 0 Å². The van der Waals surface area contributed by atoms with Crippen LogP contribution in [0.5, 0.6) is 5.75 Å². The van der Waals surface area contributed by atoms with Crippen molar-refractivity contribution in [1.82, 2.24) is 0 Å². The molecular weight excluding hydrogens is 220 g/mol. The van der Waals surface area contributed by atoms with Gasteiger partial charge in [-0.25, -0.2) is 0 Å². The van der Waals surface area contributed by atoms with Crippen LogP contribution in [0.25, 0.3) is 6.08 Å². The Balaban J connectivity index is 3.04. The fourth-order valence-electron chi connectivity index (χ4n) is 0.802. The third-order valence-electron chi connectivity index (χ3n) is 1.33. The molecule has 0 aliphatic carbocycles. The van der Waals surface area contributed by atoms with Crippen molar-refractivity contribution in [2.45, 2.75) is 0 Å². The van der Waals surface area contributed by atoms with Gasteiger partial charge in [0.25, 0.3) is 0 Å². The number of carbonyl (C=O) groups excluding carboxylic acids is 1. The second kappa shape index (κ2) is 4.07. The van der Waals surface area contributed by atoms with Crippen LogP contribution < -0.4 is 0 Å². The number of carbonyl (C=O) groups is 1. The van der Waals surface area contributed by atoms with Gasteiger partial charge in [0, 0.05) is 4.47 Å². The molecule has 0 fully saturated rings. The number of aldehydes is 1. The summed E-state index contributed by atoms with van der Waals surface area (Å²) in [4.78, 5) is 10.0. The summed E-state index contributed by atoms with van der Waals surface area (Å²) < 4.78 is 0.846. The van der Waals surface area contributed by atoms with Gasteiger partial charge in [0.2, 0.25) is 0 Å². The molecule has 1 rings (SSSR count). The van der Waals surface area contributed by atoms with Gasteiger partial charge in [0.05, 0.1) is 0 Å². The second-order valence-electron chi connectivity index (χ2n) is 2.20. The zero-order chi connectivity index (χ0) is 8.97. The molecule has 62 valence electrons. The van der Waals surface area contributed by atoms with Crippen LogP contribution in [-0.2, 0) is 4.79 Å². The maximum absolute atomic E-state index is 10.0. The van der Waals surface area contributed by atoms with E-state index in [1.54, 1.807) is 24.3 Å². The molecule has 2 nitrogen and oxygen atoms in total. The Hall–Kier alpha value is -1.09. The lowest BCUT2D eigenvalue weighted by molar-refractivity contribution is -0.104. The third-order valence-corrected chi connectivity index (χ3v) is 2.06. The lowest BCUT2D eigenvalue weighted by Gasteiger charge is -1.97. The summed E-state index contributed by atoms with van der Waals surface area (Å²) in [7, 11) is 0. The Morgan fingerprint density at radius 3 is 2.83 bits per heavy atom. The minimum Gasteiger partial charge on any atom is -0.508 e. The fourth-order valence-corrected chi connectivity index (χ4v) is 1.18. The topological polar surface area (TPSA) is 37.3 Å². The quantitative estimate of drug-likeness (QED) is 0.622. The number of phenolic OH excluding ortho intramolecular Hbond substituents is 1. The van der Waals surface area contributed by atoms with E-state index in [4.69, 9.17) is 5.11 Å². The molecule has 0 aliphatic rings. The van der Waals surface area contributed by atoms with Crippen molar-refractivity contribution >= 4 is 28.3 Å². The lowest BCUT2D eigenvalue weighted by Crippen LogP contribution is -1.75. The van der Waals surface area contributed by atoms with Crippen LogP contribution in [0.4, 0.5) is 0 Å². The molecule has 0 aromatic heterocycles. The number of rotatable bonds is 2. The van der Waals surface area contributed by atoms with Crippen molar-refractivity contribution in [2.24, 2.45) is 0 Å². The molecule has 0 unspecified atom stereocenters. The van der Waals surface area contributed by atoms with E-state index >= 15 is 0 Å². The molecule has 1 aromatic rings. The largest absolute Gasteiger partial charge is 0.508 e. The van der Waals surface area contributed by atoms with E-state index in [9.17, 15) is 4.79 Å². The zero-order valence-corrected chi connectivity index (χ0v) is 7.78. The predicted molar refractivity (Wildman–Crippen MR) is 50.9 cm³/mol. The number of aromatic hydroxyl groups is 1. The molecule has 0 saturated carbocycles. The average Bonchev–Trinajstić information content (AvgIpc) is 2.07. The SMILES string of the molecule is O=CC=Cc1cc(O)ccc1Br. The average molecular weight is 227 g/mol. The summed E-state index contributed by atoms with van der Waals surface area (Å²) in [6.45, 7) is 0. The van der Waals surface area contributed by atoms with Crippen LogP contribution in [0, 0.1) is 0 Å². The van der Waals surface area contributed by atoms with Crippen molar-refractivity contribution < 1.29 is 9.90 Å². The number of allylic oxidation sites excluding steroid dienone is 1. The van der Waals surface area contributed by atoms with E-state index in [0.29, 0.717) is 6.29 Å². The maximum atomic E-state index is 10.0. The number of phenols is 1. The smallest absolute Gasteiger partial charge is 0.142 e. The van der Waals surface area contributed by atoms with Gasteiger partial charge in [-0.1, -0.05) is 22.0 Å². The summed E-state index contributed by atoms with van der Waals surface area (Å²) >= 11 is 3.28. The highest BCUT2D eigenvalue weighted by Crippen LogP contribution is 2.22. The molecule has 1 aromatic carbocycles. The van der Waals surface area contributed by atoms with E-state index in [-0.39, 0.29) is 5.75 Å². The van der Waals surface area contributed by atoms with Crippen molar-refractivity contribution in [2.75, 3.05) is 0 Å². The van der Waals surface area contributed by atoms with Crippen molar-refractivity contribution in [3.8, 4) is 5.75 Å². The predicted octanol–water partition coefficient (Wildman–Crippen LogP) is 2.37. The maximum Gasteiger partial charge on any atom is 0.142 e. The first-order valence-electron chi connectivity index (χ1n) is 3.34. The van der Waals surface area contributed by atoms with Crippen LogP contribution in [0.3, 0.4) is 0 Å². The molecule has 1 N–H and O–H groups in total. The first kappa shape index (κ1) is 9.00. The molecule has 12 heavy (non-hydrogen) atoms. The molecule has 0 heterocycles. The second-order valence-corrected chi connectivity index (χ2v) is 3.06. The monoisotopic (exact) mass is 226 g/mol. The highest BCUT2D eigenvalue weighted by molar-refractivity contribution is 9.10. The van der Waals surface area contributed by atoms with Crippen LogP contribution in [-0.4, -0.2) is 11.4 Å². The first-order valence-corrected chi connectivity index (χ1v) is 4.13. The standard InChI is InChI=1S/C9H7BrO2/c10-9-4-3-8(12)6-7(9)2-1-5-11/h1-6,12H. The number of halogens is 1. The summed E-state index contributed by atoms with van der Waals surface area (Å²) in [6.07, 6.45) is 3.69. The summed E-state index contributed by atoms with van der Waals surface area (Å²) in [5.41, 5.74) is 0.780. The van der Waals surface area contributed by atoms with Crippen LogP contribution in [0.15, 0.2) is 28.7 Å². The fraction of sp³-hybridized carbons (Fsp3) is 0. The summed E-state index contributed by atoms with van der Waals surface area (Å²) in [5, 5.41) is 9.09. The molecule has 0 spiro atoms. The Labute approximate surface area is 78.7 Å². The van der Waals surface area contributed by atoms with Gasteiger partial charge in [-0.15, -0.1) is 0 Å². The van der Waals surface area contributed by atoms with E-state index in [2.05, 4.69) is 15.9 Å². The first-order chi connectivity index (χ1) is 5.74. The van der Waals surface area contributed by atoms with E-state index in [1.807, 2.05) is 0 Å².